The molecule has 31 nitrogen and oxygen atoms in total. The zero-order valence-corrected chi connectivity index (χ0v) is 55.8. The number of phenols is 1. The molecule has 0 saturated carbocycles. The second-order valence-electron chi connectivity index (χ2n) is 19.9. The van der Waals surface area contributed by atoms with Crippen molar-refractivity contribution in [1.82, 2.24) is 40.6 Å². The number of rotatable bonds is 16. The number of aryl methyl sites for hydroxylation is 6. The Bertz CT molecular complexity index is 4760. The van der Waals surface area contributed by atoms with Crippen molar-refractivity contribution in [3.8, 4) is 5.75 Å². The molecule has 8 heterocycles. The van der Waals surface area contributed by atoms with Gasteiger partial charge in [0.2, 0.25) is 5.89 Å². The molecule has 12 aromatic rings. The molecule has 94 heavy (non-hydrogen) atoms. The first-order chi connectivity index (χ1) is 45.1. The lowest BCUT2D eigenvalue weighted by Gasteiger charge is -2.13. The van der Waals surface area contributed by atoms with Gasteiger partial charge in [0, 0.05) is 45.9 Å². The summed E-state index contributed by atoms with van der Waals surface area (Å²) in [6.07, 6.45) is 2.47. The van der Waals surface area contributed by atoms with Gasteiger partial charge in [0.25, 0.3) is 0 Å². The van der Waals surface area contributed by atoms with E-state index in [-0.39, 0.29) is 53.8 Å². The van der Waals surface area contributed by atoms with Gasteiger partial charge in [-0.2, -0.15) is 24.5 Å². The number of hydrogen-bond acceptors (Lipinski definition) is 35. The van der Waals surface area contributed by atoms with Crippen LogP contribution in [0.1, 0.15) is 98.3 Å². The Kier molecular flexibility index (Phi) is 23.6. The maximum absolute atomic E-state index is 12.1. The van der Waals surface area contributed by atoms with E-state index in [1.54, 1.807) is 107 Å². The quantitative estimate of drug-likeness (QED) is 0.0350. The topological polar surface area (TPSA) is 420 Å². The molecule has 0 bridgehead atoms. The highest BCUT2D eigenvalue weighted by Crippen LogP contribution is 2.44. The summed E-state index contributed by atoms with van der Waals surface area (Å²) in [5.41, 5.74) is 6.69. The van der Waals surface area contributed by atoms with E-state index >= 15 is 0 Å². The van der Waals surface area contributed by atoms with Crippen LogP contribution in [-0.2, 0) is 25.5 Å². The number of phenolic OH excluding ortho intramolecular Hbond substituents is 1. The summed E-state index contributed by atoms with van der Waals surface area (Å²) in [6, 6.07) is 20.7. The van der Waals surface area contributed by atoms with Gasteiger partial charge in [-0.05, 0) is 132 Å². The van der Waals surface area contributed by atoms with E-state index in [4.69, 9.17) is 48.7 Å². The normalized spacial score (nSPS) is 11.3. The van der Waals surface area contributed by atoms with Crippen LogP contribution in [0.3, 0.4) is 0 Å². The van der Waals surface area contributed by atoms with Gasteiger partial charge in [0.05, 0.1) is 43.4 Å². The Morgan fingerprint density at radius 3 is 1.52 bits per heavy atom. The van der Waals surface area contributed by atoms with E-state index in [0.29, 0.717) is 57.6 Å². The van der Waals surface area contributed by atoms with E-state index in [9.17, 15) is 14.7 Å². The predicted molar refractivity (Wildman–Crippen MR) is 352 cm³/mol. The molecule has 8 aromatic heterocycles. The van der Waals surface area contributed by atoms with Crippen LogP contribution < -0.4 is 21.7 Å². The van der Waals surface area contributed by atoms with Gasteiger partial charge >= 0.3 is 42.1 Å². The van der Waals surface area contributed by atoms with Gasteiger partial charge in [0.15, 0.2) is 18.0 Å². The smallest absolute Gasteiger partial charge is 0.373 e. The number of ether oxygens (including phenoxy) is 2. The highest BCUT2D eigenvalue weighted by atomic mass is 32.1. The van der Waals surface area contributed by atoms with E-state index in [1.165, 1.54) is 65.1 Å². The molecule has 0 saturated heterocycles. The van der Waals surface area contributed by atoms with Crippen molar-refractivity contribution >= 4 is 162 Å². The third-order valence-corrected chi connectivity index (χ3v) is 17.0. The van der Waals surface area contributed by atoms with Crippen LogP contribution in [-0.4, -0.2) is 91.1 Å². The first kappa shape index (κ1) is 69.2. The molecule has 0 aliphatic carbocycles. The Morgan fingerprint density at radius 1 is 0.596 bits per heavy atom. The number of hydrazine groups is 2. The van der Waals surface area contributed by atoms with Crippen molar-refractivity contribution in [2.24, 2.45) is 52.6 Å². The Labute approximate surface area is 549 Å². The van der Waals surface area contributed by atoms with E-state index in [2.05, 4.69) is 114 Å². The van der Waals surface area contributed by atoms with Gasteiger partial charge in [-0.25, -0.2) is 21.3 Å². The molecule has 0 unspecified atom stereocenters. The minimum absolute atomic E-state index is 0.0628. The van der Waals surface area contributed by atoms with Crippen LogP contribution in [0.15, 0.2) is 132 Å². The molecule has 0 spiro atoms. The molecule has 0 aliphatic rings. The molecule has 5 N–H and O–H groups in total. The molecule has 0 aliphatic heterocycles. The number of nitrogens with zero attached hydrogens (tertiary/aromatic N) is 18. The number of thiophene rings is 4. The number of azo groups is 4. The third kappa shape index (κ3) is 17.3. The van der Waals surface area contributed by atoms with Crippen molar-refractivity contribution in [2.45, 2.75) is 81.6 Å². The van der Waals surface area contributed by atoms with Crippen LogP contribution in [0.2, 0.25) is 0 Å². The van der Waals surface area contributed by atoms with Crippen molar-refractivity contribution in [1.29, 1.82) is 0 Å². The first-order valence-electron chi connectivity index (χ1n) is 28.2. The van der Waals surface area contributed by atoms with Gasteiger partial charge in [-0.3, -0.25) is 0 Å². The zero-order chi connectivity index (χ0) is 67.8. The third-order valence-electron chi connectivity index (χ3n) is 12.6. The molecule has 0 fully saturated rings. The average molecular weight is 1350 g/mol. The lowest BCUT2D eigenvalue weighted by Crippen LogP contribution is -2.24. The number of benzene rings is 4. The molecule has 0 amide bonds. The fourth-order valence-corrected chi connectivity index (χ4v) is 12.7. The lowest BCUT2D eigenvalue weighted by atomic mass is 10.0. The van der Waals surface area contributed by atoms with Crippen molar-refractivity contribution in [2.75, 3.05) is 37.3 Å². The second-order valence-corrected chi connectivity index (χ2v) is 24.5. The number of anilines is 2. The van der Waals surface area contributed by atoms with Gasteiger partial charge < -0.3 is 42.6 Å². The predicted octanol–water partition coefficient (Wildman–Crippen LogP) is 16.1. The monoisotopic (exact) mass is 1350 g/mol. The van der Waals surface area contributed by atoms with Crippen LogP contribution in [0.4, 0.5) is 58.2 Å². The summed E-state index contributed by atoms with van der Waals surface area (Å²) in [4.78, 5) is 55.5. The summed E-state index contributed by atoms with van der Waals surface area (Å²) in [5, 5.41) is 67.7. The highest BCUT2D eigenvalue weighted by Gasteiger charge is 2.20. The summed E-state index contributed by atoms with van der Waals surface area (Å²) < 4.78 is 33.8. The maximum Gasteiger partial charge on any atom is 0.373 e. The molecular weight excluding hydrogens is 1290 g/mol. The standard InChI is InChI=1S/C17H20N6O3S.C15H16N6O3S.C14H14N4OS.C12H10N4O2S.CO2/c1-5-25-16(24)13-8-10-12(23(4)18)7-6-11(14(10)27-13)19-21-17-22-20-15(26-17)9(2)3;1-4-23-14(22)12-7-9-11(21(3)16)6-5-10(13(9)25-12)18-19-15-17-8(2)20-24-15;1-4-10-5-8(2)11-6-9(3)20-13(11)12(10)17-18-14-15-7-16-19-14;1-6-5-8-10(17)4-3-9(11(8)19-6)14-15-12-13-7(2)16-18-12;2-1-3/h6-9H,5,18H2,1-4H3;5-7H,4,16H2,1-3H3;5-7H,4H2,1-3H3;3-5,17H,1-2H3;. The minimum Gasteiger partial charge on any atom is -0.507 e. The fourth-order valence-electron chi connectivity index (χ4n) is 8.53. The molecule has 0 radical (unpaired) electrons. The average Bonchev–Trinajstić information content (AvgIpc) is 1.63. The van der Waals surface area contributed by atoms with Crippen LogP contribution in [0.25, 0.3) is 40.3 Å². The Hall–Kier alpha value is -10.7. The molecular formula is C59H60N20O11S4. The molecule has 4 aromatic carbocycles. The number of aromatic hydroxyl groups is 1. The maximum atomic E-state index is 12.1. The van der Waals surface area contributed by atoms with E-state index in [1.807, 2.05) is 32.9 Å². The molecule has 0 atom stereocenters. The second kappa shape index (κ2) is 32.1. The zero-order valence-electron chi connectivity index (χ0n) is 52.5. The van der Waals surface area contributed by atoms with E-state index in [0.717, 1.165) is 58.6 Å². The van der Waals surface area contributed by atoms with Crippen molar-refractivity contribution < 1.29 is 51.7 Å². The Balaban J connectivity index is 0.000000160. The highest BCUT2D eigenvalue weighted by molar-refractivity contribution is 7.22. The van der Waals surface area contributed by atoms with Crippen LogP contribution >= 0.6 is 45.3 Å². The van der Waals surface area contributed by atoms with Gasteiger partial charge in [-0.1, -0.05) is 67.9 Å². The van der Waals surface area contributed by atoms with E-state index < -0.39 is 0 Å². The first-order valence-corrected chi connectivity index (χ1v) is 31.5. The molecule has 35 heteroatoms. The SMILES string of the molecule is CCOC(=O)c1cc2c(N(C)N)ccc(N=Nc3nc(C)no3)c2s1.CCOC(=O)c1cc2c(N(C)N)ccc(N=Nc3nnc(C(C)C)o3)c2s1.CCc1cc(C)c2cc(C)sc2c1N=Nc1ncno1.Cc1noc(N=Nc2ccc(O)c3cc(C)sc23)n1.O=C=O. The van der Waals surface area contributed by atoms with Crippen molar-refractivity contribution in [3.63, 3.8) is 0 Å². The minimum atomic E-state index is -0.385. The largest absolute Gasteiger partial charge is 0.507 e. The fraction of sp³-hybridized carbons (Fsp3) is 0.271. The number of esters is 2. The number of aromatic nitrogens is 8. The molecule has 12 rings (SSSR count). The lowest BCUT2D eigenvalue weighted by molar-refractivity contribution is -0.191. The number of hydrogen-bond donors (Lipinski definition) is 3. The number of carbonyl (C=O) groups excluding carboxylic acids is 4. The van der Waals surface area contributed by atoms with Gasteiger partial charge in [-0.15, -0.1) is 70.9 Å². The summed E-state index contributed by atoms with van der Waals surface area (Å²) >= 11 is 5.83. The summed E-state index contributed by atoms with van der Waals surface area (Å²) in [5.74, 6) is 12.8. The summed E-state index contributed by atoms with van der Waals surface area (Å²) in [7, 11) is 3.45. The molecule has 486 valence electrons. The van der Waals surface area contributed by atoms with Crippen LogP contribution in [0, 0.1) is 34.6 Å². The Morgan fingerprint density at radius 2 is 1.07 bits per heavy atom. The van der Waals surface area contributed by atoms with Crippen molar-refractivity contribution in [3.05, 3.63) is 121 Å². The van der Waals surface area contributed by atoms with Gasteiger partial charge in [0.1, 0.15) is 38.3 Å². The number of fused-ring (bicyclic) bond motifs is 4. The summed E-state index contributed by atoms with van der Waals surface area (Å²) in [6.45, 7) is 19.8. The number of nitrogens with two attached hydrogens (primary N) is 2. The number of carbonyl (C=O) groups is 2. The van der Waals surface area contributed by atoms with Crippen LogP contribution in [0.5, 0.6) is 5.75 Å².